The first-order valence-electron chi connectivity index (χ1n) is 9.09. The highest BCUT2D eigenvalue weighted by Gasteiger charge is 2.38. The summed E-state index contributed by atoms with van der Waals surface area (Å²) in [7, 11) is 0. The zero-order valence-electron chi connectivity index (χ0n) is 15.3. The lowest BCUT2D eigenvalue weighted by molar-refractivity contribution is 0.0782. The van der Waals surface area contributed by atoms with E-state index in [1.807, 2.05) is 42.2 Å². The second-order valence-corrected chi connectivity index (χ2v) is 7.26. The van der Waals surface area contributed by atoms with E-state index in [-0.39, 0.29) is 24.2 Å². The Kier molecular flexibility index (Phi) is 5.82. The van der Waals surface area contributed by atoms with Crippen molar-refractivity contribution >= 4 is 29.9 Å². The molecule has 5 nitrogen and oxygen atoms in total. The van der Waals surface area contributed by atoms with Crippen molar-refractivity contribution in [3.63, 3.8) is 0 Å². The zero-order chi connectivity index (χ0) is 18.1. The van der Waals surface area contributed by atoms with E-state index in [0.717, 1.165) is 31.7 Å². The number of aryl methyl sites for hydroxylation is 1. The van der Waals surface area contributed by atoms with Gasteiger partial charge in [-0.1, -0.05) is 29.8 Å². The van der Waals surface area contributed by atoms with Crippen molar-refractivity contribution < 1.29 is 9.59 Å². The van der Waals surface area contributed by atoms with Gasteiger partial charge in [-0.3, -0.25) is 9.59 Å². The second kappa shape index (κ2) is 8.11. The number of hydrogen-bond donors (Lipinski definition) is 2. The molecule has 2 fully saturated rings. The highest BCUT2D eigenvalue weighted by molar-refractivity contribution is 6.09. The maximum atomic E-state index is 13.0. The van der Waals surface area contributed by atoms with Crippen LogP contribution in [-0.2, 0) is 0 Å². The van der Waals surface area contributed by atoms with E-state index >= 15 is 0 Å². The third-order valence-corrected chi connectivity index (χ3v) is 5.36. The van der Waals surface area contributed by atoms with Crippen LogP contribution in [0.5, 0.6) is 0 Å². The molecule has 2 atom stereocenters. The third kappa shape index (κ3) is 3.99. The average Bonchev–Trinajstić information content (AvgIpc) is 3.23. The second-order valence-electron chi connectivity index (χ2n) is 7.26. The first kappa shape index (κ1) is 19.4. The SMILES string of the molecule is Cc1cccc(C(=O)Nc2ccccc2C(=O)N2C[C@H]3CNC[C@H]3C2)c1.Cl. The van der Waals surface area contributed by atoms with E-state index in [9.17, 15) is 9.59 Å². The molecule has 0 aliphatic carbocycles. The minimum atomic E-state index is -0.198. The van der Waals surface area contributed by atoms with Gasteiger partial charge in [-0.05, 0) is 43.0 Å². The van der Waals surface area contributed by atoms with Crippen molar-refractivity contribution in [2.75, 3.05) is 31.5 Å². The lowest BCUT2D eigenvalue weighted by Gasteiger charge is -2.19. The molecule has 0 bridgehead atoms. The van der Waals surface area contributed by atoms with Crippen LogP contribution < -0.4 is 10.6 Å². The first-order chi connectivity index (χ1) is 12.6. The van der Waals surface area contributed by atoms with Gasteiger partial charge in [0.15, 0.2) is 0 Å². The number of rotatable bonds is 3. The van der Waals surface area contributed by atoms with Gasteiger partial charge in [-0.25, -0.2) is 0 Å². The number of nitrogens with zero attached hydrogens (tertiary/aromatic N) is 1. The molecule has 2 aromatic carbocycles. The van der Waals surface area contributed by atoms with Gasteiger partial charge >= 0.3 is 0 Å². The largest absolute Gasteiger partial charge is 0.338 e. The standard InChI is InChI=1S/C21H23N3O2.ClH/c1-14-5-4-6-15(9-14)20(25)23-19-8-3-2-7-18(19)21(26)24-12-16-10-22-11-17(16)13-24;/h2-9,16-17,22H,10-13H2,1H3,(H,23,25);1H/t16-,17+;. The number of carbonyl (C=O) groups excluding carboxylic acids is 2. The van der Waals surface area contributed by atoms with Crippen molar-refractivity contribution in [2.24, 2.45) is 11.8 Å². The molecule has 0 radical (unpaired) electrons. The van der Waals surface area contributed by atoms with Crippen LogP contribution >= 0.6 is 12.4 Å². The summed E-state index contributed by atoms with van der Waals surface area (Å²) in [5, 5.41) is 6.30. The Bertz CT molecular complexity index is 843. The van der Waals surface area contributed by atoms with Crippen LogP contribution in [0.4, 0.5) is 5.69 Å². The molecule has 2 aliphatic rings. The normalized spacial score (nSPS) is 20.7. The summed E-state index contributed by atoms with van der Waals surface area (Å²) in [6, 6.07) is 14.7. The smallest absolute Gasteiger partial charge is 0.255 e. The Labute approximate surface area is 165 Å². The summed E-state index contributed by atoms with van der Waals surface area (Å²) in [5.41, 5.74) is 2.74. The summed E-state index contributed by atoms with van der Waals surface area (Å²) in [5.74, 6) is 0.900. The number of para-hydroxylation sites is 1. The fraction of sp³-hybridized carbons (Fsp3) is 0.333. The van der Waals surface area contributed by atoms with E-state index in [1.165, 1.54) is 0 Å². The predicted molar refractivity (Wildman–Crippen MR) is 109 cm³/mol. The Balaban J connectivity index is 0.00000210. The van der Waals surface area contributed by atoms with Crippen LogP contribution in [0.2, 0.25) is 0 Å². The summed E-state index contributed by atoms with van der Waals surface area (Å²) >= 11 is 0. The number of anilines is 1. The molecule has 2 heterocycles. The van der Waals surface area contributed by atoms with Crippen molar-refractivity contribution in [3.05, 3.63) is 65.2 Å². The van der Waals surface area contributed by atoms with Crippen LogP contribution in [0.25, 0.3) is 0 Å². The van der Waals surface area contributed by atoms with Gasteiger partial charge in [-0.15, -0.1) is 12.4 Å². The van der Waals surface area contributed by atoms with Crippen molar-refractivity contribution in [1.29, 1.82) is 0 Å². The molecule has 2 aliphatic heterocycles. The number of carbonyl (C=O) groups is 2. The fourth-order valence-corrected chi connectivity index (χ4v) is 3.95. The van der Waals surface area contributed by atoms with Gasteiger partial charge in [0.2, 0.25) is 0 Å². The number of nitrogens with one attached hydrogen (secondary N) is 2. The van der Waals surface area contributed by atoms with E-state index < -0.39 is 0 Å². The highest BCUT2D eigenvalue weighted by atomic mass is 35.5. The fourth-order valence-electron chi connectivity index (χ4n) is 3.95. The van der Waals surface area contributed by atoms with Gasteiger partial charge in [0.05, 0.1) is 11.3 Å². The average molecular weight is 386 g/mol. The minimum absolute atomic E-state index is 0. The molecule has 2 saturated heterocycles. The molecule has 27 heavy (non-hydrogen) atoms. The van der Waals surface area contributed by atoms with E-state index in [2.05, 4.69) is 10.6 Å². The Hall–Kier alpha value is -2.37. The number of fused-ring (bicyclic) bond motifs is 1. The quantitative estimate of drug-likeness (QED) is 0.853. The molecule has 0 saturated carbocycles. The topological polar surface area (TPSA) is 61.4 Å². The maximum Gasteiger partial charge on any atom is 0.255 e. The molecule has 0 spiro atoms. The molecule has 6 heteroatoms. The van der Waals surface area contributed by atoms with Crippen LogP contribution in [0, 0.1) is 18.8 Å². The predicted octanol–water partition coefficient (Wildman–Crippen LogP) is 2.96. The molecular formula is C21H24ClN3O2. The molecule has 0 unspecified atom stereocenters. The molecule has 4 rings (SSSR count). The van der Waals surface area contributed by atoms with Crippen LogP contribution in [0.1, 0.15) is 26.3 Å². The third-order valence-electron chi connectivity index (χ3n) is 5.36. The highest BCUT2D eigenvalue weighted by Crippen LogP contribution is 2.29. The Morgan fingerprint density at radius 1 is 1.04 bits per heavy atom. The Morgan fingerprint density at radius 3 is 2.44 bits per heavy atom. The molecule has 2 amide bonds. The molecule has 142 valence electrons. The molecule has 2 aromatic rings. The molecular weight excluding hydrogens is 362 g/mol. The number of halogens is 1. The summed E-state index contributed by atoms with van der Waals surface area (Å²) in [6.45, 7) is 5.50. The van der Waals surface area contributed by atoms with Crippen LogP contribution in [-0.4, -0.2) is 42.9 Å². The van der Waals surface area contributed by atoms with Gasteiger partial charge in [0, 0.05) is 31.7 Å². The van der Waals surface area contributed by atoms with E-state index in [0.29, 0.717) is 28.7 Å². The monoisotopic (exact) mass is 385 g/mol. The van der Waals surface area contributed by atoms with Gasteiger partial charge in [0.1, 0.15) is 0 Å². The van der Waals surface area contributed by atoms with E-state index in [1.54, 1.807) is 18.2 Å². The summed E-state index contributed by atoms with van der Waals surface area (Å²) in [6.07, 6.45) is 0. The minimum Gasteiger partial charge on any atom is -0.338 e. The summed E-state index contributed by atoms with van der Waals surface area (Å²) < 4.78 is 0. The van der Waals surface area contributed by atoms with Crippen molar-refractivity contribution in [3.8, 4) is 0 Å². The zero-order valence-corrected chi connectivity index (χ0v) is 16.1. The van der Waals surface area contributed by atoms with Gasteiger partial charge in [-0.2, -0.15) is 0 Å². The van der Waals surface area contributed by atoms with Gasteiger partial charge in [0.25, 0.3) is 11.8 Å². The molecule has 0 aromatic heterocycles. The van der Waals surface area contributed by atoms with E-state index in [4.69, 9.17) is 0 Å². The molecule has 2 N–H and O–H groups in total. The van der Waals surface area contributed by atoms with Gasteiger partial charge < -0.3 is 15.5 Å². The van der Waals surface area contributed by atoms with Crippen LogP contribution in [0.15, 0.2) is 48.5 Å². The van der Waals surface area contributed by atoms with Crippen LogP contribution in [0.3, 0.4) is 0 Å². The first-order valence-corrected chi connectivity index (χ1v) is 9.09. The summed E-state index contributed by atoms with van der Waals surface area (Å²) in [4.78, 5) is 27.5. The van der Waals surface area contributed by atoms with Crippen molar-refractivity contribution in [1.82, 2.24) is 10.2 Å². The Morgan fingerprint density at radius 2 is 1.74 bits per heavy atom. The lowest BCUT2D eigenvalue weighted by atomic mass is 10.0. The number of hydrogen-bond acceptors (Lipinski definition) is 3. The number of likely N-dealkylation sites (tertiary alicyclic amines) is 1. The van der Waals surface area contributed by atoms with Crippen molar-refractivity contribution in [2.45, 2.75) is 6.92 Å². The maximum absolute atomic E-state index is 13.0. The number of benzene rings is 2. The lowest BCUT2D eigenvalue weighted by Crippen LogP contribution is -2.32. The number of amides is 2.